The minimum atomic E-state index is 0.307. The smallest absolute Gasteiger partial charge is 0.223 e. The largest absolute Gasteiger partial charge is 0.496 e. The van der Waals surface area contributed by atoms with Crippen LogP contribution in [0.4, 0.5) is 0 Å². The van der Waals surface area contributed by atoms with Crippen LogP contribution in [0.25, 0.3) is 0 Å². The number of para-hydroxylation sites is 1. The maximum absolute atomic E-state index is 12.1. The molecule has 4 heteroatoms. The van der Waals surface area contributed by atoms with Gasteiger partial charge in [-0.3, -0.25) is 4.79 Å². The zero-order chi connectivity index (χ0) is 15.2. The van der Waals surface area contributed by atoms with Crippen LogP contribution in [0.3, 0.4) is 0 Å². The van der Waals surface area contributed by atoms with Gasteiger partial charge >= 0.3 is 0 Å². The number of benzene rings is 1. The Morgan fingerprint density at radius 2 is 1.95 bits per heavy atom. The van der Waals surface area contributed by atoms with E-state index in [1.807, 2.05) is 17.0 Å². The normalized spacial score (nSPS) is 16.3. The van der Waals surface area contributed by atoms with E-state index in [0.717, 1.165) is 38.5 Å². The Labute approximate surface area is 127 Å². The van der Waals surface area contributed by atoms with Crippen LogP contribution in [0.1, 0.15) is 25.8 Å². The first-order valence-corrected chi connectivity index (χ1v) is 7.83. The monoisotopic (exact) mass is 291 g/mol. The van der Waals surface area contributed by atoms with Crippen LogP contribution in [-0.4, -0.2) is 44.1 Å². The van der Waals surface area contributed by atoms with Gasteiger partial charge in [-0.25, -0.2) is 0 Å². The molecule has 1 heterocycles. The molecule has 1 aromatic rings. The second-order valence-corrected chi connectivity index (χ2v) is 6.22. The molecule has 1 amide bonds. The number of methoxy groups -OCH3 is 1. The average molecular weight is 291 g/mol. The highest BCUT2D eigenvalue weighted by Crippen LogP contribution is 2.16. The number of hydrogen-bond acceptors (Lipinski definition) is 2. The fraction of sp³-hybridized carbons (Fsp3) is 0.588. The molecule has 1 fully saturated rings. The van der Waals surface area contributed by atoms with Crippen molar-refractivity contribution in [2.45, 2.75) is 26.8 Å². The molecule has 116 valence electrons. The summed E-state index contributed by atoms with van der Waals surface area (Å²) in [6.07, 6.45) is 0.668. The van der Waals surface area contributed by atoms with E-state index in [2.05, 4.69) is 26.0 Å². The minimum absolute atomic E-state index is 0.307. The van der Waals surface area contributed by atoms with Crippen LogP contribution >= 0.6 is 0 Å². The third kappa shape index (κ3) is 4.46. The highest BCUT2D eigenvalue weighted by molar-refractivity contribution is 5.76. The van der Waals surface area contributed by atoms with Crippen molar-refractivity contribution >= 4 is 5.91 Å². The lowest BCUT2D eigenvalue weighted by Gasteiger charge is -2.32. The van der Waals surface area contributed by atoms with Crippen LogP contribution in [-0.2, 0) is 11.3 Å². The summed E-state index contributed by atoms with van der Waals surface area (Å²) in [6.45, 7) is 8.94. The summed E-state index contributed by atoms with van der Waals surface area (Å²) in [5, 5.41) is 0. The lowest BCUT2D eigenvalue weighted by atomic mass is 10.1. The number of rotatable bonds is 5. The van der Waals surface area contributed by atoms with E-state index in [4.69, 9.17) is 4.74 Å². The molecule has 4 nitrogen and oxygen atoms in total. The van der Waals surface area contributed by atoms with Gasteiger partial charge in [0.1, 0.15) is 12.3 Å². The zero-order valence-corrected chi connectivity index (χ0v) is 13.4. The molecule has 2 rings (SSSR count). The van der Waals surface area contributed by atoms with Gasteiger partial charge in [-0.2, -0.15) is 0 Å². The number of carbonyl (C=O) groups is 1. The highest BCUT2D eigenvalue weighted by Gasteiger charge is 2.24. The first-order chi connectivity index (χ1) is 10.1. The number of nitrogens with zero attached hydrogens (tertiary/aromatic N) is 1. The van der Waals surface area contributed by atoms with Gasteiger partial charge in [0.15, 0.2) is 0 Å². The molecule has 0 atom stereocenters. The maximum atomic E-state index is 12.1. The molecule has 1 aromatic carbocycles. The summed E-state index contributed by atoms with van der Waals surface area (Å²) in [5.41, 5.74) is 1.25. The molecule has 0 radical (unpaired) electrons. The van der Waals surface area contributed by atoms with Gasteiger partial charge in [0.25, 0.3) is 0 Å². The number of piperazine rings is 1. The van der Waals surface area contributed by atoms with E-state index in [1.165, 1.54) is 10.5 Å². The number of amides is 1. The Balaban J connectivity index is 1.85. The van der Waals surface area contributed by atoms with Crippen LogP contribution in [0.2, 0.25) is 0 Å². The van der Waals surface area contributed by atoms with Gasteiger partial charge < -0.3 is 14.5 Å². The fourth-order valence-electron chi connectivity index (χ4n) is 2.85. The molecule has 0 saturated carbocycles. The number of quaternary nitrogens is 1. The van der Waals surface area contributed by atoms with Crippen molar-refractivity contribution in [1.29, 1.82) is 0 Å². The van der Waals surface area contributed by atoms with E-state index in [9.17, 15) is 4.79 Å². The van der Waals surface area contributed by atoms with Gasteiger partial charge in [-0.05, 0) is 18.1 Å². The summed E-state index contributed by atoms with van der Waals surface area (Å²) in [4.78, 5) is 15.6. The number of carbonyl (C=O) groups excluding carboxylic acids is 1. The van der Waals surface area contributed by atoms with Crippen LogP contribution in [0.5, 0.6) is 5.75 Å². The second-order valence-electron chi connectivity index (χ2n) is 6.22. The SMILES string of the molecule is COc1ccccc1C[NH+]1CCN(C(=O)CC(C)C)CC1. The minimum Gasteiger partial charge on any atom is -0.496 e. The number of hydrogen-bond donors (Lipinski definition) is 1. The summed E-state index contributed by atoms with van der Waals surface area (Å²) < 4.78 is 5.41. The Morgan fingerprint density at radius 1 is 1.29 bits per heavy atom. The average Bonchev–Trinajstić information content (AvgIpc) is 2.48. The van der Waals surface area contributed by atoms with Gasteiger partial charge in [-0.1, -0.05) is 26.0 Å². The third-order valence-electron chi connectivity index (χ3n) is 4.04. The Hall–Kier alpha value is -1.55. The van der Waals surface area contributed by atoms with Crippen molar-refractivity contribution in [3.8, 4) is 5.75 Å². The van der Waals surface area contributed by atoms with Gasteiger partial charge in [0.2, 0.25) is 5.91 Å². The van der Waals surface area contributed by atoms with Crippen LogP contribution in [0.15, 0.2) is 24.3 Å². The quantitative estimate of drug-likeness (QED) is 0.877. The van der Waals surface area contributed by atoms with Crippen molar-refractivity contribution < 1.29 is 14.4 Å². The van der Waals surface area contributed by atoms with E-state index >= 15 is 0 Å². The maximum Gasteiger partial charge on any atom is 0.223 e. The molecule has 21 heavy (non-hydrogen) atoms. The van der Waals surface area contributed by atoms with Gasteiger partial charge in [0, 0.05) is 12.0 Å². The molecule has 1 N–H and O–H groups in total. The van der Waals surface area contributed by atoms with Crippen molar-refractivity contribution in [1.82, 2.24) is 4.90 Å². The summed E-state index contributed by atoms with van der Waals surface area (Å²) in [6, 6.07) is 8.19. The highest BCUT2D eigenvalue weighted by atomic mass is 16.5. The van der Waals surface area contributed by atoms with Gasteiger partial charge in [0.05, 0.1) is 33.3 Å². The molecule has 1 saturated heterocycles. The topological polar surface area (TPSA) is 34.0 Å². The van der Waals surface area contributed by atoms with Crippen molar-refractivity contribution in [3.05, 3.63) is 29.8 Å². The standard InChI is InChI=1S/C17H26N2O2/c1-14(2)12-17(20)19-10-8-18(9-11-19)13-15-6-4-5-7-16(15)21-3/h4-7,14H,8-13H2,1-3H3/p+1. The Kier molecular flexibility index (Phi) is 5.62. The molecule has 0 aromatic heterocycles. The van der Waals surface area contributed by atoms with E-state index in [1.54, 1.807) is 7.11 Å². The molecular weight excluding hydrogens is 264 g/mol. The number of nitrogens with one attached hydrogen (secondary N) is 1. The summed E-state index contributed by atoms with van der Waals surface area (Å²) in [7, 11) is 1.72. The molecule has 0 spiro atoms. The molecule has 1 aliphatic rings. The summed E-state index contributed by atoms with van der Waals surface area (Å²) >= 11 is 0. The van der Waals surface area contributed by atoms with Crippen molar-refractivity contribution in [3.63, 3.8) is 0 Å². The fourth-order valence-corrected chi connectivity index (χ4v) is 2.85. The Morgan fingerprint density at radius 3 is 2.57 bits per heavy atom. The van der Waals surface area contributed by atoms with E-state index in [-0.39, 0.29) is 0 Å². The molecule has 0 bridgehead atoms. The molecule has 1 aliphatic heterocycles. The van der Waals surface area contributed by atoms with Gasteiger partial charge in [-0.15, -0.1) is 0 Å². The lowest BCUT2D eigenvalue weighted by Crippen LogP contribution is -3.13. The zero-order valence-electron chi connectivity index (χ0n) is 13.4. The second kappa shape index (κ2) is 7.46. The van der Waals surface area contributed by atoms with Crippen molar-refractivity contribution in [2.24, 2.45) is 5.92 Å². The predicted octanol–water partition coefficient (Wildman–Crippen LogP) is 0.968. The van der Waals surface area contributed by atoms with Crippen molar-refractivity contribution in [2.75, 3.05) is 33.3 Å². The predicted molar refractivity (Wildman–Crippen MR) is 83.4 cm³/mol. The molecule has 0 aliphatic carbocycles. The third-order valence-corrected chi connectivity index (χ3v) is 4.04. The van der Waals surface area contributed by atoms with E-state index < -0.39 is 0 Å². The van der Waals surface area contributed by atoms with Crippen LogP contribution in [0, 0.1) is 5.92 Å². The number of ether oxygens (including phenoxy) is 1. The lowest BCUT2D eigenvalue weighted by molar-refractivity contribution is -0.917. The first-order valence-electron chi connectivity index (χ1n) is 7.83. The molecular formula is C17H27N2O2+. The Bertz CT molecular complexity index is 466. The first kappa shape index (κ1) is 15.8. The van der Waals surface area contributed by atoms with E-state index in [0.29, 0.717) is 18.2 Å². The van der Waals surface area contributed by atoms with Crippen LogP contribution < -0.4 is 9.64 Å². The molecule has 0 unspecified atom stereocenters. The summed E-state index contributed by atoms with van der Waals surface area (Å²) in [5.74, 6) is 1.71.